The first-order valence-corrected chi connectivity index (χ1v) is 5.14. The number of hydrogen-bond donors (Lipinski definition) is 0. The van der Waals surface area contributed by atoms with E-state index < -0.39 is 0 Å². The molecule has 1 amide bonds. The molecular weight excluding hydrogens is 210 g/mol. The molecule has 0 spiro atoms. The minimum atomic E-state index is -0.389. The summed E-state index contributed by atoms with van der Waals surface area (Å²) in [4.78, 5) is 24.0. The molecule has 1 saturated heterocycles. The molecule has 5 heteroatoms. The number of ketones is 1. The van der Waals surface area contributed by atoms with Crippen LogP contribution in [0.15, 0.2) is 23.8 Å². The molecule has 1 aliphatic carbocycles. The van der Waals surface area contributed by atoms with E-state index in [2.05, 4.69) is 0 Å². The number of ether oxygens (including phenoxy) is 2. The maximum atomic E-state index is 11.5. The van der Waals surface area contributed by atoms with Crippen LogP contribution in [0.4, 0.5) is 4.79 Å². The zero-order chi connectivity index (χ0) is 11.4. The van der Waals surface area contributed by atoms with E-state index in [1.807, 2.05) is 0 Å². The van der Waals surface area contributed by atoms with Gasteiger partial charge < -0.3 is 9.47 Å². The molecule has 0 unspecified atom stereocenters. The van der Waals surface area contributed by atoms with Crippen molar-refractivity contribution >= 4 is 11.9 Å². The van der Waals surface area contributed by atoms with Gasteiger partial charge in [-0.1, -0.05) is 12.2 Å². The lowest BCUT2D eigenvalue weighted by Crippen LogP contribution is -2.29. The fraction of sp³-hybridized carbons (Fsp3) is 0.455. The zero-order valence-electron chi connectivity index (χ0n) is 8.85. The van der Waals surface area contributed by atoms with Gasteiger partial charge in [0.25, 0.3) is 0 Å². The topological polar surface area (TPSA) is 55.8 Å². The van der Waals surface area contributed by atoms with Gasteiger partial charge in [-0.3, -0.25) is 9.69 Å². The fourth-order valence-electron chi connectivity index (χ4n) is 1.54. The van der Waals surface area contributed by atoms with Crippen molar-refractivity contribution in [3.05, 3.63) is 23.8 Å². The molecule has 0 bridgehead atoms. The summed E-state index contributed by atoms with van der Waals surface area (Å²) in [5.41, 5.74) is 0.820. The fourth-order valence-corrected chi connectivity index (χ4v) is 1.54. The maximum Gasteiger partial charge on any atom is 0.412 e. The summed E-state index contributed by atoms with van der Waals surface area (Å²) in [5.74, 6) is 0.0399. The lowest BCUT2D eigenvalue weighted by atomic mass is 10.1. The Kier molecular flexibility index (Phi) is 3.36. The van der Waals surface area contributed by atoms with Crippen LogP contribution in [0.1, 0.15) is 6.42 Å². The first-order valence-electron chi connectivity index (χ1n) is 5.14. The first kappa shape index (κ1) is 10.9. The average Bonchev–Trinajstić information content (AvgIpc) is 2.79. The summed E-state index contributed by atoms with van der Waals surface area (Å²) in [6.07, 6.45) is 4.93. The van der Waals surface area contributed by atoms with Gasteiger partial charge in [0.1, 0.15) is 13.3 Å². The summed E-state index contributed by atoms with van der Waals surface area (Å²) in [7, 11) is 0. The van der Waals surface area contributed by atoms with Crippen LogP contribution in [-0.4, -0.2) is 43.3 Å². The summed E-state index contributed by atoms with van der Waals surface area (Å²) in [5, 5.41) is 0. The highest BCUT2D eigenvalue weighted by molar-refractivity contribution is 5.93. The van der Waals surface area contributed by atoms with Crippen molar-refractivity contribution in [2.75, 3.05) is 26.5 Å². The average molecular weight is 223 g/mol. The van der Waals surface area contributed by atoms with Crippen molar-refractivity contribution in [2.45, 2.75) is 6.42 Å². The highest BCUT2D eigenvalue weighted by Gasteiger charge is 2.20. The molecule has 1 aliphatic heterocycles. The Morgan fingerprint density at radius 2 is 2.44 bits per heavy atom. The molecule has 0 aromatic heterocycles. The summed E-state index contributed by atoms with van der Waals surface area (Å²) in [6, 6.07) is 0. The highest BCUT2D eigenvalue weighted by Crippen LogP contribution is 2.10. The van der Waals surface area contributed by atoms with Crippen LogP contribution in [0.2, 0.25) is 0 Å². The van der Waals surface area contributed by atoms with Gasteiger partial charge in [0.2, 0.25) is 0 Å². The van der Waals surface area contributed by atoms with Crippen LogP contribution in [0.25, 0.3) is 0 Å². The second-order valence-electron chi connectivity index (χ2n) is 3.68. The van der Waals surface area contributed by atoms with Gasteiger partial charge in [-0.15, -0.1) is 0 Å². The Morgan fingerprint density at radius 3 is 3.12 bits per heavy atom. The summed E-state index contributed by atoms with van der Waals surface area (Å²) < 4.78 is 10.1. The van der Waals surface area contributed by atoms with Crippen molar-refractivity contribution in [1.29, 1.82) is 0 Å². The van der Waals surface area contributed by atoms with Gasteiger partial charge >= 0.3 is 6.09 Å². The molecule has 1 heterocycles. The second-order valence-corrected chi connectivity index (χ2v) is 3.68. The number of carbonyl (C=O) groups excluding carboxylic acids is 2. The van der Waals surface area contributed by atoms with Crippen LogP contribution in [0.5, 0.6) is 0 Å². The van der Waals surface area contributed by atoms with Gasteiger partial charge in [-0.2, -0.15) is 0 Å². The van der Waals surface area contributed by atoms with Crippen molar-refractivity contribution < 1.29 is 19.1 Å². The smallest absolute Gasteiger partial charge is 0.412 e. The predicted molar refractivity (Wildman–Crippen MR) is 55.7 cm³/mol. The summed E-state index contributed by atoms with van der Waals surface area (Å²) in [6.45, 7) is 1.58. The number of nitrogens with zero attached hydrogens (tertiary/aromatic N) is 1. The Hall–Kier alpha value is -1.62. The van der Waals surface area contributed by atoms with Crippen molar-refractivity contribution in [3.63, 3.8) is 0 Å². The molecule has 2 rings (SSSR count). The van der Waals surface area contributed by atoms with E-state index in [9.17, 15) is 9.59 Å². The maximum absolute atomic E-state index is 11.5. The molecule has 0 saturated carbocycles. The van der Waals surface area contributed by atoms with Gasteiger partial charge in [0.15, 0.2) is 5.78 Å². The van der Waals surface area contributed by atoms with E-state index in [4.69, 9.17) is 9.47 Å². The van der Waals surface area contributed by atoms with Gasteiger partial charge in [-0.05, 0) is 11.6 Å². The highest BCUT2D eigenvalue weighted by atomic mass is 16.6. The normalized spacial score (nSPS) is 19.9. The van der Waals surface area contributed by atoms with Gasteiger partial charge in [0, 0.05) is 13.0 Å². The van der Waals surface area contributed by atoms with Crippen LogP contribution in [0.3, 0.4) is 0 Å². The lowest BCUT2D eigenvalue weighted by Gasteiger charge is -2.15. The van der Waals surface area contributed by atoms with Gasteiger partial charge in [-0.25, -0.2) is 4.79 Å². The lowest BCUT2D eigenvalue weighted by molar-refractivity contribution is -0.114. The zero-order valence-corrected chi connectivity index (χ0v) is 8.85. The van der Waals surface area contributed by atoms with E-state index in [-0.39, 0.29) is 25.2 Å². The van der Waals surface area contributed by atoms with Crippen molar-refractivity contribution in [2.24, 2.45) is 0 Å². The van der Waals surface area contributed by atoms with Crippen LogP contribution in [-0.2, 0) is 14.3 Å². The van der Waals surface area contributed by atoms with Crippen LogP contribution < -0.4 is 0 Å². The Morgan fingerprint density at radius 1 is 1.56 bits per heavy atom. The number of carbonyl (C=O) groups is 2. The van der Waals surface area contributed by atoms with E-state index >= 15 is 0 Å². The molecule has 0 N–H and O–H groups in total. The van der Waals surface area contributed by atoms with E-state index in [0.717, 1.165) is 5.57 Å². The SMILES string of the molecule is O=C1C=CC=C(COC(=O)N2CCOC2)C1. The molecule has 5 nitrogen and oxygen atoms in total. The predicted octanol–water partition coefficient (Wildman–Crippen LogP) is 0.868. The monoisotopic (exact) mass is 223 g/mol. The molecule has 0 aromatic rings. The molecule has 16 heavy (non-hydrogen) atoms. The molecule has 0 aromatic carbocycles. The van der Waals surface area contributed by atoms with Crippen molar-refractivity contribution in [3.8, 4) is 0 Å². The van der Waals surface area contributed by atoms with E-state index in [1.165, 1.54) is 11.0 Å². The quantitative estimate of drug-likeness (QED) is 0.697. The summed E-state index contributed by atoms with van der Waals surface area (Å²) >= 11 is 0. The Labute approximate surface area is 93.3 Å². The largest absolute Gasteiger partial charge is 0.445 e. The number of hydrogen-bond acceptors (Lipinski definition) is 4. The Balaban J connectivity index is 1.78. The van der Waals surface area contributed by atoms with Crippen LogP contribution >= 0.6 is 0 Å². The molecule has 2 aliphatic rings. The minimum Gasteiger partial charge on any atom is -0.445 e. The molecule has 86 valence electrons. The second kappa shape index (κ2) is 4.94. The molecule has 0 radical (unpaired) electrons. The van der Waals surface area contributed by atoms with Crippen LogP contribution in [0, 0.1) is 0 Å². The molecule has 0 atom stereocenters. The number of allylic oxidation sites excluding steroid dienone is 3. The molecular formula is C11H13NO4. The number of rotatable bonds is 2. The standard InChI is InChI=1S/C11H13NO4/c13-10-3-1-2-9(6-10)7-16-11(14)12-4-5-15-8-12/h1-3H,4-8H2. The molecule has 1 fully saturated rings. The minimum absolute atomic E-state index is 0.0399. The third-order valence-corrected chi connectivity index (χ3v) is 2.41. The Bertz CT molecular complexity index is 353. The number of amides is 1. The van der Waals surface area contributed by atoms with E-state index in [1.54, 1.807) is 12.2 Å². The third kappa shape index (κ3) is 2.70. The van der Waals surface area contributed by atoms with Gasteiger partial charge in [0.05, 0.1) is 6.61 Å². The first-order chi connectivity index (χ1) is 7.75. The third-order valence-electron chi connectivity index (χ3n) is 2.41. The van der Waals surface area contributed by atoms with Crippen molar-refractivity contribution in [1.82, 2.24) is 4.90 Å². The van der Waals surface area contributed by atoms with E-state index in [0.29, 0.717) is 19.6 Å².